The minimum Gasteiger partial charge on any atom is -0.370 e. The number of hydrogen-bond donors (Lipinski definition) is 10. The van der Waals surface area contributed by atoms with Gasteiger partial charge in [-0.05, 0) is 72.9 Å². The Kier molecular flexibility index (Phi) is 18.2. The Balaban J connectivity index is 1.52. The molecule has 0 saturated carbocycles. The van der Waals surface area contributed by atoms with Crippen LogP contribution in [0.4, 0.5) is 0 Å². The van der Waals surface area contributed by atoms with E-state index in [0.717, 1.165) is 27.2 Å². The number of H-pyrrole nitrogens is 1. The van der Waals surface area contributed by atoms with Crippen LogP contribution < -0.4 is 49.1 Å². The average molecular weight is 880 g/mol. The molecule has 2 heterocycles. The third kappa shape index (κ3) is 14.6. The summed E-state index contributed by atoms with van der Waals surface area (Å²) in [5.74, 6) is -4.65. The molecule has 342 valence electrons. The van der Waals surface area contributed by atoms with E-state index < -0.39 is 71.6 Å². The van der Waals surface area contributed by atoms with Crippen molar-refractivity contribution in [2.75, 3.05) is 13.1 Å². The van der Waals surface area contributed by atoms with Crippen molar-refractivity contribution in [3.8, 4) is 0 Å². The molecule has 18 nitrogen and oxygen atoms in total. The van der Waals surface area contributed by atoms with Crippen LogP contribution in [0.1, 0.15) is 82.3 Å². The van der Waals surface area contributed by atoms with Crippen LogP contribution in [0.15, 0.2) is 77.9 Å². The summed E-state index contributed by atoms with van der Waals surface area (Å²) in [6.07, 6.45) is 4.23. The molecular formula is C46H61N11O7. The number of nitrogens with zero attached hydrogens (tertiary/aromatic N) is 1. The molecule has 13 N–H and O–H groups in total. The summed E-state index contributed by atoms with van der Waals surface area (Å²) in [5.41, 5.74) is 19.2. The number of amides is 7. The number of guanidine groups is 1. The Morgan fingerprint density at radius 1 is 0.703 bits per heavy atom. The molecule has 0 unspecified atom stereocenters. The van der Waals surface area contributed by atoms with Crippen molar-refractivity contribution in [3.05, 3.63) is 84.1 Å². The molecule has 1 aliphatic rings. The maximum Gasteiger partial charge on any atom is 0.243 e. The second-order valence-corrected chi connectivity index (χ2v) is 16.2. The van der Waals surface area contributed by atoms with Gasteiger partial charge in [0, 0.05) is 49.5 Å². The summed E-state index contributed by atoms with van der Waals surface area (Å²) in [7, 11) is 0. The number of unbranched alkanes of at least 4 members (excludes halogenated alkanes) is 1. The number of aromatic amines is 1. The average Bonchev–Trinajstić information content (AvgIpc) is 3.68. The van der Waals surface area contributed by atoms with E-state index in [-0.39, 0.29) is 70.4 Å². The number of carbonyl (C=O) groups excluding carboxylic acids is 7. The highest BCUT2D eigenvalue weighted by Gasteiger charge is 2.33. The van der Waals surface area contributed by atoms with Crippen molar-refractivity contribution in [2.45, 2.75) is 114 Å². The summed E-state index contributed by atoms with van der Waals surface area (Å²) < 4.78 is 0. The SMILES string of the molecule is CCCC[C@H]1N[C@H](Cc2ccc3ccccc3c2)C(=O)N[C@@H](CCCN=C(N)N)C(=O)N[C@@H](Cc2c[nH]c3ccccc23)C(=O)N[C@H](C(N)=O)CCCCNC(=O)CCC(=O)NC1=O. The summed E-state index contributed by atoms with van der Waals surface area (Å²) in [5, 5.41) is 19.5. The van der Waals surface area contributed by atoms with Crippen molar-refractivity contribution in [1.29, 1.82) is 0 Å². The van der Waals surface area contributed by atoms with Gasteiger partial charge < -0.3 is 43.5 Å². The van der Waals surface area contributed by atoms with E-state index in [1.54, 1.807) is 6.20 Å². The van der Waals surface area contributed by atoms with Gasteiger partial charge in [-0.3, -0.25) is 49.2 Å². The Hall–Kier alpha value is -6.82. The van der Waals surface area contributed by atoms with Gasteiger partial charge in [0.1, 0.15) is 18.1 Å². The number of hydrogen-bond acceptors (Lipinski definition) is 9. The molecule has 5 rings (SSSR count). The predicted molar refractivity (Wildman–Crippen MR) is 244 cm³/mol. The highest BCUT2D eigenvalue weighted by Crippen LogP contribution is 2.21. The van der Waals surface area contributed by atoms with Crippen LogP contribution in [0.2, 0.25) is 0 Å². The van der Waals surface area contributed by atoms with Crippen LogP contribution >= 0.6 is 0 Å². The zero-order valence-electron chi connectivity index (χ0n) is 36.3. The lowest BCUT2D eigenvalue weighted by molar-refractivity contribution is -0.134. The second kappa shape index (κ2) is 24.1. The Morgan fingerprint density at radius 3 is 2.16 bits per heavy atom. The van der Waals surface area contributed by atoms with Crippen LogP contribution in [-0.2, 0) is 46.4 Å². The normalized spacial score (nSPS) is 21.5. The minimum absolute atomic E-state index is 0.00680. The Bertz CT molecular complexity index is 2310. The third-order valence-electron chi connectivity index (χ3n) is 11.2. The lowest BCUT2D eigenvalue weighted by Gasteiger charge is -2.28. The molecule has 3 aromatic carbocycles. The number of nitrogens with two attached hydrogens (primary N) is 3. The number of primary amides is 1. The van der Waals surface area contributed by atoms with Crippen LogP contribution in [0.5, 0.6) is 0 Å². The van der Waals surface area contributed by atoms with Gasteiger partial charge in [-0.1, -0.05) is 80.4 Å². The maximum atomic E-state index is 14.7. The van der Waals surface area contributed by atoms with Crippen LogP contribution in [-0.4, -0.2) is 95.6 Å². The van der Waals surface area contributed by atoms with Crippen molar-refractivity contribution >= 4 is 69.0 Å². The molecule has 64 heavy (non-hydrogen) atoms. The van der Waals surface area contributed by atoms with Gasteiger partial charge in [-0.15, -0.1) is 0 Å². The van der Waals surface area contributed by atoms with E-state index in [9.17, 15) is 33.6 Å². The third-order valence-corrected chi connectivity index (χ3v) is 11.2. The maximum absolute atomic E-state index is 14.7. The molecule has 5 atom stereocenters. The zero-order valence-corrected chi connectivity index (χ0v) is 36.3. The Morgan fingerprint density at radius 2 is 1.39 bits per heavy atom. The molecule has 7 amide bonds. The monoisotopic (exact) mass is 879 g/mol. The molecule has 0 spiro atoms. The second-order valence-electron chi connectivity index (χ2n) is 16.2. The number of para-hydroxylation sites is 1. The summed E-state index contributed by atoms with van der Waals surface area (Å²) >= 11 is 0. The van der Waals surface area contributed by atoms with Gasteiger partial charge in [-0.25, -0.2) is 0 Å². The van der Waals surface area contributed by atoms with Gasteiger partial charge in [-0.2, -0.15) is 0 Å². The first-order chi connectivity index (χ1) is 30.8. The van der Waals surface area contributed by atoms with Gasteiger partial charge in [0.25, 0.3) is 0 Å². The number of benzene rings is 3. The standard InChI is InChI=1S/C46H61N11O7/c1-2-3-14-35-43(62)57-40(59)21-20-39(58)50-22-9-8-16-34(41(47)60)54-45(64)38(26-31-27-52-33-15-7-6-13-32(31)33)56-42(61)36(17-10-23-51-46(48)49)55-44(63)37(53-35)25-28-18-19-29-11-4-5-12-30(29)24-28/h4-7,11-13,15,18-19,24,27,34-38,52-53H,2-3,8-10,14,16-17,20-23,25-26H2,1H3,(H2,47,60)(H,50,58)(H,54,64)(H,55,63)(H,56,61)(H4,48,49,51)(H,57,59,62)/t34-,35+,36-,37+,38-/m0/s1. The minimum atomic E-state index is -1.24. The van der Waals surface area contributed by atoms with Crippen molar-refractivity contribution in [1.82, 2.24) is 36.9 Å². The van der Waals surface area contributed by atoms with E-state index in [1.165, 1.54) is 0 Å². The molecule has 1 aromatic heterocycles. The lowest BCUT2D eigenvalue weighted by Crippen LogP contribution is -2.60. The summed E-state index contributed by atoms with van der Waals surface area (Å²) in [6.45, 7) is 2.31. The first-order valence-corrected chi connectivity index (χ1v) is 22.0. The number of imide groups is 1. The quantitative estimate of drug-likeness (QED) is 0.0422. The smallest absolute Gasteiger partial charge is 0.243 e. The van der Waals surface area contributed by atoms with Crippen molar-refractivity contribution < 1.29 is 33.6 Å². The molecule has 18 heteroatoms. The molecule has 1 saturated heterocycles. The van der Waals surface area contributed by atoms with E-state index in [0.29, 0.717) is 31.2 Å². The van der Waals surface area contributed by atoms with Gasteiger partial charge in [0.15, 0.2) is 5.96 Å². The topological polar surface area (TPSA) is 298 Å². The van der Waals surface area contributed by atoms with Crippen molar-refractivity contribution in [2.24, 2.45) is 22.2 Å². The number of nitrogens with one attached hydrogen (secondary N) is 7. The zero-order chi connectivity index (χ0) is 46.0. The van der Waals surface area contributed by atoms with E-state index in [1.807, 2.05) is 73.7 Å². The van der Waals surface area contributed by atoms with Crippen LogP contribution in [0.3, 0.4) is 0 Å². The molecule has 1 fully saturated rings. The highest BCUT2D eigenvalue weighted by molar-refractivity contribution is 5.99. The fourth-order valence-corrected chi connectivity index (χ4v) is 7.68. The molecular weight excluding hydrogens is 819 g/mol. The van der Waals surface area contributed by atoms with E-state index >= 15 is 0 Å². The number of carbonyl (C=O) groups is 7. The number of fused-ring (bicyclic) bond motifs is 2. The number of rotatable bonds is 12. The van der Waals surface area contributed by atoms with Crippen molar-refractivity contribution in [3.63, 3.8) is 0 Å². The first-order valence-electron chi connectivity index (χ1n) is 22.0. The van der Waals surface area contributed by atoms with Gasteiger partial charge in [0.05, 0.1) is 12.1 Å². The fraction of sp³-hybridized carbons (Fsp3) is 0.435. The van der Waals surface area contributed by atoms with E-state index in [2.05, 4.69) is 41.9 Å². The first kappa shape index (κ1) is 48.2. The summed E-state index contributed by atoms with van der Waals surface area (Å²) in [4.78, 5) is 103. The molecule has 0 bridgehead atoms. The van der Waals surface area contributed by atoms with Gasteiger partial charge in [0.2, 0.25) is 41.4 Å². The lowest BCUT2D eigenvalue weighted by atomic mass is 9.98. The number of aromatic nitrogens is 1. The molecule has 0 radical (unpaired) electrons. The molecule has 1 aliphatic heterocycles. The number of aliphatic imine (C=N–C) groups is 1. The highest BCUT2D eigenvalue weighted by atomic mass is 16.2. The predicted octanol–water partition coefficient (Wildman–Crippen LogP) is 1.34. The van der Waals surface area contributed by atoms with Gasteiger partial charge >= 0.3 is 0 Å². The molecule has 4 aromatic rings. The van der Waals surface area contributed by atoms with Crippen LogP contribution in [0, 0.1) is 0 Å². The summed E-state index contributed by atoms with van der Waals surface area (Å²) in [6, 6.07) is 15.3. The van der Waals surface area contributed by atoms with E-state index in [4.69, 9.17) is 17.2 Å². The Labute approximate surface area is 372 Å². The molecule has 0 aliphatic carbocycles. The van der Waals surface area contributed by atoms with Crippen LogP contribution in [0.25, 0.3) is 21.7 Å². The fourth-order valence-electron chi connectivity index (χ4n) is 7.68. The largest absolute Gasteiger partial charge is 0.370 e.